The summed E-state index contributed by atoms with van der Waals surface area (Å²) >= 11 is 0. The van der Waals surface area contributed by atoms with Crippen LogP contribution in [0.15, 0.2) is 30.3 Å². The van der Waals surface area contributed by atoms with Crippen LogP contribution >= 0.6 is 0 Å². The van der Waals surface area contributed by atoms with E-state index in [4.69, 9.17) is 9.47 Å². The van der Waals surface area contributed by atoms with Crippen LogP contribution in [0.5, 0.6) is 0 Å². The first-order chi connectivity index (χ1) is 17.9. The number of benzene rings is 1. The number of hydrogen-bond acceptors (Lipinski definition) is 5. The van der Waals surface area contributed by atoms with E-state index in [-0.39, 0.29) is 24.4 Å². The fraction of sp³-hybridized carbons (Fsp3) is 0.577. The molecule has 2 atom stereocenters. The molecular formula is C26H34F3N5O4. The molecule has 4 rings (SSSR count). The maximum absolute atomic E-state index is 13.3. The van der Waals surface area contributed by atoms with Crippen LogP contribution in [-0.2, 0) is 22.2 Å². The first-order valence-corrected chi connectivity index (χ1v) is 12.7. The molecule has 0 spiro atoms. The third-order valence-corrected chi connectivity index (χ3v) is 6.60. The number of alkyl carbamates (subject to hydrolysis) is 1. The molecule has 2 fully saturated rings. The van der Waals surface area contributed by atoms with Crippen LogP contribution in [0.1, 0.15) is 61.5 Å². The molecule has 3 heterocycles. The van der Waals surface area contributed by atoms with Crippen molar-refractivity contribution in [3.05, 3.63) is 52.8 Å². The lowest BCUT2D eigenvalue weighted by molar-refractivity contribution is -0.137. The number of nitrogens with zero attached hydrogens (tertiary/aromatic N) is 3. The highest BCUT2D eigenvalue weighted by Gasteiger charge is 2.36. The second-order valence-corrected chi connectivity index (χ2v) is 10.7. The van der Waals surface area contributed by atoms with E-state index in [0.29, 0.717) is 51.5 Å². The van der Waals surface area contributed by atoms with Gasteiger partial charge in [0.2, 0.25) is 0 Å². The number of aromatic amines is 1. The van der Waals surface area contributed by atoms with Crippen molar-refractivity contribution >= 4 is 12.1 Å². The fourth-order valence-electron chi connectivity index (χ4n) is 4.77. The molecule has 0 saturated carbocycles. The number of likely N-dealkylation sites (tertiary alicyclic amines) is 1. The number of alkyl halides is 3. The average molecular weight is 538 g/mol. The molecule has 0 bridgehead atoms. The first-order valence-electron chi connectivity index (χ1n) is 12.7. The molecule has 38 heavy (non-hydrogen) atoms. The number of carbonyl (C=O) groups excluding carboxylic acids is 2. The van der Waals surface area contributed by atoms with E-state index < -0.39 is 23.4 Å². The van der Waals surface area contributed by atoms with Crippen molar-refractivity contribution in [2.45, 2.75) is 57.3 Å². The van der Waals surface area contributed by atoms with E-state index >= 15 is 0 Å². The number of halogens is 3. The summed E-state index contributed by atoms with van der Waals surface area (Å²) in [6, 6.07) is 6.89. The van der Waals surface area contributed by atoms with Crippen molar-refractivity contribution < 1.29 is 32.2 Å². The Hall–Kier alpha value is -3.28. The van der Waals surface area contributed by atoms with Crippen LogP contribution in [0.2, 0.25) is 0 Å². The maximum atomic E-state index is 13.3. The number of H-pyrrole nitrogens is 1. The van der Waals surface area contributed by atoms with Gasteiger partial charge in [0.1, 0.15) is 5.60 Å². The van der Waals surface area contributed by atoms with Crippen molar-refractivity contribution in [3.8, 4) is 0 Å². The Kier molecular flexibility index (Phi) is 8.19. The third-order valence-electron chi connectivity index (χ3n) is 6.60. The number of aromatic nitrogens is 2. The van der Waals surface area contributed by atoms with Gasteiger partial charge in [-0.3, -0.25) is 5.10 Å². The van der Waals surface area contributed by atoms with Crippen molar-refractivity contribution in [2.24, 2.45) is 0 Å². The summed E-state index contributed by atoms with van der Waals surface area (Å²) < 4.78 is 49.9. The monoisotopic (exact) mass is 537 g/mol. The summed E-state index contributed by atoms with van der Waals surface area (Å²) in [5.74, 6) is -0.311. The lowest BCUT2D eigenvalue weighted by Gasteiger charge is -2.40. The molecule has 3 amide bonds. The molecule has 1 aromatic carbocycles. The minimum absolute atomic E-state index is 0.114. The van der Waals surface area contributed by atoms with E-state index in [1.165, 1.54) is 12.1 Å². The lowest BCUT2D eigenvalue weighted by Crippen LogP contribution is -2.52. The van der Waals surface area contributed by atoms with Gasteiger partial charge in [0, 0.05) is 38.0 Å². The molecule has 2 aromatic rings. The number of morpholine rings is 1. The van der Waals surface area contributed by atoms with Crippen LogP contribution in [-0.4, -0.2) is 77.1 Å². The minimum atomic E-state index is -4.41. The molecule has 2 aliphatic rings. The van der Waals surface area contributed by atoms with Crippen LogP contribution in [0, 0.1) is 0 Å². The van der Waals surface area contributed by atoms with Gasteiger partial charge in [0.15, 0.2) is 0 Å². The smallest absolute Gasteiger partial charge is 0.416 e. The van der Waals surface area contributed by atoms with E-state index in [9.17, 15) is 22.8 Å². The molecule has 9 nitrogen and oxygen atoms in total. The number of urea groups is 1. The number of piperidine rings is 1. The van der Waals surface area contributed by atoms with E-state index in [2.05, 4.69) is 15.5 Å². The Labute approximate surface area is 219 Å². The predicted octanol–water partition coefficient (Wildman–Crippen LogP) is 4.48. The van der Waals surface area contributed by atoms with E-state index in [1.54, 1.807) is 30.6 Å². The normalized spacial score (nSPS) is 20.8. The fourth-order valence-corrected chi connectivity index (χ4v) is 4.77. The predicted molar refractivity (Wildman–Crippen MR) is 133 cm³/mol. The van der Waals surface area contributed by atoms with Crippen molar-refractivity contribution in [2.75, 3.05) is 39.4 Å². The van der Waals surface area contributed by atoms with Gasteiger partial charge in [-0.1, -0.05) is 12.1 Å². The van der Waals surface area contributed by atoms with Gasteiger partial charge in [-0.15, -0.1) is 0 Å². The third kappa shape index (κ3) is 7.18. The highest BCUT2D eigenvalue weighted by atomic mass is 19.4. The van der Waals surface area contributed by atoms with Gasteiger partial charge < -0.3 is 24.6 Å². The topological polar surface area (TPSA) is 99.8 Å². The Bertz CT molecular complexity index is 1110. The summed E-state index contributed by atoms with van der Waals surface area (Å²) in [4.78, 5) is 28.9. The van der Waals surface area contributed by atoms with Gasteiger partial charge in [-0.05, 0) is 51.0 Å². The second kappa shape index (κ2) is 11.2. The van der Waals surface area contributed by atoms with Gasteiger partial charge >= 0.3 is 18.3 Å². The Morgan fingerprint density at radius 2 is 1.74 bits per heavy atom. The highest BCUT2D eigenvalue weighted by molar-refractivity contribution is 5.75. The SMILES string of the molecule is CC(C)(C)OC(=O)NCc1cc(C2CC(c3ccc(C(F)(F)F)cc3)CN(C(=O)N3CCOCC3)C2)n[nH]1. The zero-order chi connectivity index (χ0) is 27.5. The largest absolute Gasteiger partial charge is 0.444 e. The van der Waals surface area contributed by atoms with Gasteiger partial charge in [0.25, 0.3) is 0 Å². The number of ether oxygens (including phenoxy) is 2. The van der Waals surface area contributed by atoms with Crippen molar-refractivity contribution in [1.82, 2.24) is 25.3 Å². The molecule has 0 radical (unpaired) electrons. The standard InChI is InChI=1S/C26H34F3N5O4/c1-25(2,3)38-23(35)30-14-21-13-22(32-31-21)19-12-18(17-4-6-20(7-5-17)26(27,28)29)15-34(16-19)24(36)33-8-10-37-11-9-33/h4-7,13,18-19H,8-12,14-16H2,1-3H3,(H,30,35)(H,31,32). The zero-order valence-corrected chi connectivity index (χ0v) is 21.8. The molecule has 208 valence electrons. The Morgan fingerprint density at radius 1 is 1.08 bits per heavy atom. The van der Waals surface area contributed by atoms with Crippen LogP contribution in [0.4, 0.5) is 22.8 Å². The van der Waals surface area contributed by atoms with Crippen molar-refractivity contribution in [3.63, 3.8) is 0 Å². The number of hydrogen-bond donors (Lipinski definition) is 2. The highest BCUT2D eigenvalue weighted by Crippen LogP contribution is 2.37. The molecule has 1 aromatic heterocycles. The van der Waals surface area contributed by atoms with Gasteiger partial charge in [-0.25, -0.2) is 9.59 Å². The molecule has 2 aliphatic heterocycles. The summed E-state index contributed by atoms with van der Waals surface area (Å²) in [6.45, 7) is 8.28. The molecule has 12 heteroatoms. The van der Waals surface area contributed by atoms with Crippen LogP contribution < -0.4 is 5.32 Å². The minimum Gasteiger partial charge on any atom is -0.444 e. The van der Waals surface area contributed by atoms with Crippen LogP contribution in [0.3, 0.4) is 0 Å². The van der Waals surface area contributed by atoms with E-state index in [0.717, 1.165) is 23.4 Å². The number of amides is 3. The first kappa shape index (κ1) is 27.7. The number of carbonyl (C=O) groups is 2. The molecule has 2 saturated heterocycles. The van der Waals surface area contributed by atoms with Crippen molar-refractivity contribution in [1.29, 1.82) is 0 Å². The molecular weight excluding hydrogens is 503 g/mol. The Balaban J connectivity index is 1.50. The maximum Gasteiger partial charge on any atom is 0.416 e. The number of nitrogens with one attached hydrogen (secondary N) is 2. The van der Waals surface area contributed by atoms with Gasteiger partial charge in [0.05, 0.1) is 36.7 Å². The van der Waals surface area contributed by atoms with Crippen LogP contribution in [0.25, 0.3) is 0 Å². The molecule has 2 unspecified atom stereocenters. The summed E-state index contributed by atoms with van der Waals surface area (Å²) in [7, 11) is 0. The summed E-state index contributed by atoms with van der Waals surface area (Å²) in [5.41, 5.74) is 0.819. The quantitative estimate of drug-likeness (QED) is 0.599. The summed E-state index contributed by atoms with van der Waals surface area (Å²) in [5, 5.41) is 10.1. The molecule has 0 aliphatic carbocycles. The summed E-state index contributed by atoms with van der Waals surface area (Å²) in [6.07, 6.45) is -4.34. The molecule has 2 N–H and O–H groups in total. The van der Waals surface area contributed by atoms with Gasteiger partial charge in [-0.2, -0.15) is 18.3 Å². The van der Waals surface area contributed by atoms with E-state index in [1.807, 2.05) is 6.07 Å². The average Bonchev–Trinajstić information content (AvgIpc) is 3.35. The zero-order valence-electron chi connectivity index (χ0n) is 21.8. The lowest BCUT2D eigenvalue weighted by atomic mass is 9.83. The Morgan fingerprint density at radius 3 is 2.37 bits per heavy atom. The number of rotatable bonds is 4. The second-order valence-electron chi connectivity index (χ2n) is 10.7.